The Hall–Kier alpha value is -2.93. The van der Waals surface area contributed by atoms with Gasteiger partial charge in [-0.25, -0.2) is 0 Å². The minimum Gasteiger partial charge on any atom is -0.494 e. The van der Waals surface area contributed by atoms with Crippen LogP contribution in [0.1, 0.15) is 128 Å². The van der Waals surface area contributed by atoms with Crippen molar-refractivity contribution in [2.75, 3.05) is 19.8 Å². The summed E-state index contributed by atoms with van der Waals surface area (Å²) in [4.78, 5) is 11.7. The third-order valence-corrected chi connectivity index (χ3v) is 7.39. The van der Waals surface area contributed by atoms with Gasteiger partial charge in [-0.1, -0.05) is 90.4 Å². The number of esters is 1. The molecule has 0 bridgehead atoms. The van der Waals surface area contributed by atoms with Crippen molar-refractivity contribution in [1.29, 1.82) is 0 Å². The van der Waals surface area contributed by atoms with Crippen LogP contribution in [0.3, 0.4) is 0 Å². The van der Waals surface area contributed by atoms with Gasteiger partial charge in [0.25, 0.3) is 0 Å². The fourth-order valence-electron chi connectivity index (χ4n) is 4.42. The van der Waals surface area contributed by atoms with Crippen LogP contribution in [0.4, 0.5) is 0 Å². The summed E-state index contributed by atoms with van der Waals surface area (Å²) in [6.45, 7) is 8.17. The van der Waals surface area contributed by atoms with E-state index in [1.165, 1.54) is 57.8 Å². The minimum atomic E-state index is -0.0819. The lowest BCUT2D eigenvalue weighted by Crippen LogP contribution is -2.14. The Balaban J connectivity index is 1.54. The normalized spacial score (nSPS) is 11.4. The first-order valence-corrected chi connectivity index (χ1v) is 16.3. The highest BCUT2D eigenvalue weighted by Crippen LogP contribution is 2.16. The lowest BCUT2D eigenvalue weighted by molar-refractivity contribution is -0.148. The van der Waals surface area contributed by atoms with Crippen LogP contribution in [-0.4, -0.2) is 25.8 Å². The predicted molar refractivity (Wildman–Crippen MR) is 171 cm³/mol. The molecule has 0 saturated carbocycles. The van der Waals surface area contributed by atoms with Crippen LogP contribution in [0, 0.1) is 17.8 Å². The first-order chi connectivity index (χ1) is 20.1. The third kappa shape index (κ3) is 16.8. The van der Waals surface area contributed by atoms with Crippen LogP contribution in [0.5, 0.6) is 11.5 Å². The van der Waals surface area contributed by atoms with Gasteiger partial charge < -0.3 is 14.2 Å². The summed E-state index contributed by atoms with van der Waals surface area (Å²) in [5.74, 6) is 8.16. The van der Waals surface area contributed by atoms with Crippen molar-refractivity contribution in [3.05, 3.63) is 59.7 Å². The Morgan fingerprint density at radius 3 is 1.39 bits per heavy atom. The molecule has 2 rings (SSSR count). The number of rotatable bonds is 22. The van der Waals surface area contributed by atoms with Crippen molar-refractivity contribution in [2.45, 2.75) is 117 Å². The van der Waals surface area contributed by atoms with Crippen molar-refractivity contribution >= 4 is 5.97 Å². The van der Waals surface area contributed by atoms with Gasteiger partial charge in [-0.05, 0) is 87.1 Å². The summed E-state index contributed by atoms with van der Waals surface area (Å²) < 4.78 is 17.1. The van der Waals surface area contributed by atoms with E-state index in [0.29, 0.717) is 13.2 Å². The molecule has 0 aliphatic heterocycles. The summed E-state index contributed by atoms with van der Waals surface area (Å²) in [5.41, 5.74) is 1.94. The van der Waals surface area contributed by atoms with Gasteiger partial charge in [-0.2, -0.15) is 0 Å². The van der Waals surface area contributed by atoms with Gasteiger partial charge in [-0.3, -0.25) is 4.79 Å². The Morgan fingerprint density at radius 1 is 0.585 bits per heavy atom. The van der Waals surface area contributed by atoms with E-state index in [2.05, 4.69) is 18.8 Å². The standard InChI is InChI=1S/C37H54O4/c1-4-6-7-8-9-10-11-12-13-16-29-39-35-25-21-33(22-26-35)19-20-34-23-27-36(28-24-34)40-30-17-14-15-18-31-41-37(38)32(3)5-2/h21-28,32H,4-18,29-31H2,1-3H3. The summed E-state index contributed by atoms with van der Waals surface area (Å²) in [7, 11) is 0. The van der Waals surface area contributed by atoms with E-state index < -0.39 is 0 Å². The van der Waals surface area contributed by atoms with Crippen molar-refractivity contribution in [3.8, 4) is 23.3 Å². The van der Waals surface area contributed by atoms with Crippen LogP contribution < -0.4 is 9.47 Å². The molecule has 0 saturated heterocycles. The van der Waals surface area contributed by atoms with Crippen molar-refractivity contribution < 1.29 is 19.0 Å². The maximum Gasteiger partial charge on any atom is 0.308 e. The molecule has 4 nitrogen and oxygen atoms in total. The smallest absolute Gasteiger partial charge is 0.308 e. The lowest BCUT2D eigenvalue weighted by atomic mass is 10.1. The third-order valence-electron chi connectivity index (χ3n) is 7.39. The second kappa shape index (κ2) is 22.7. The number of hydrogen-bond acceptors (Lipinski definition) is 4. The zero-order valence-electron chi connectivity index (χ0n) is 26.1. The molecule has 41 heavy (non-hydrogen) atoms. The highest BCUT2D eigenvalue weighted by molar-refractivity contribution is 5.71. The van der Waals surface area contributed by atoms with Crippen LogP contribution >= 0.6 is 0 Å². The van der Waals surface area contributed by atoms with Gasteiger partial charge in [-0.15, -0.1) is 0 Å². The SMILES string of the molecule is CCCCCCCCCCCCOc1ccc(C#Cc2ccc(OCCCCCCOC(=O)C(C)CC)cc2)cc1. The maximum absolute atomic E-state index is 11.7. The first kappa shape index (κ1) is 34.3. The predicted octanol–water partition coefficient (Wildman–Crippen LogP) is 9.91. The van der Waals surface area contributed by atoms with E-state index in [9.17, 15) is 4.79 Å². The van der Waals surface area contributed by atoms with Crippen molar-refractivity contribution in [3.63, 3.8) is 0 Å². The molecular formula is C37H54O4. The molecule has 0 N–H and O–H groups in total. The minimum absolute atomic E-state index is 0.00351. The zero-order chi connectivity index (χ0) is 29.4. The summed E-state index contributed by atoms with van der Waals surface area (Å²) in [5, 5.41) is 0. The molecule has 0 heterocycles. The molecule has 0 aromatic heterocycles. The first-order valence-electron chi connectivity index (χ1n) is 16.3. The highest BCUT2D eigenvalue weighted by atomic mass is 16.5. The molecule has 1 unspecified atom stereocenters. The van der Waals surface area contributed by atoms with Crippen molar-refractivity contribution in [1.82, 2.24) is 0 Å². The number of benzene rings is 2. The van der Waals surface area contributed by atoms with Gasteiger partial charge in [0.05, 0.1) is 25.7 Å². The Morgan fingerprint density at radius 2 is 0.976 bits per heavy atom. The highest BCUT2D eigenvalue weighted by Gasteiger charge is 2.10. The Bertz CT molecular complexity index is 984. The van der Waals surface area contributed by atoms with E-state index in [1.807, 2.05) is 62.4 Å². The molecule has 226 valence electrons. The molecule has 0 aliphatic carbocycles. The monoisotopic (exact) mass is 562 g/mol. The van der Waals surface area contributed by atoms with E-state index in [4.69, 9.17) is 14.2 Å². The molecule has 0 aliphatic rings. The Labute approximate surface area is 250 Å². The van der Waals surface area contributed by atoms with Gasteiger partial charge in [0.15, 0.2) is 0 Å². The molecule has 2 aromatic carbocycles. The quantitative estimate of drug-likeness (QED) is 0.0814. The van der Waals surface area contributed by atoms with Gasteiger partial charge in [0.2, 0.25) is 0 Å². The number of carbonyl (C=O) groups is 1. The molecule has 1 atom stereocenters. The average molecular weight is 563 g/mol. The fraction of sp³-hybridized carbons (Fsp3) is 0.595. The lowest BCUT2D eigenvalue weighted by Gasteiger charge is -2.09. The number of unbranched alkanes of at least 4 members (excludes halogenated alkanes) is 12. The van der Waals surface area contributed by atoms with Crippen LogP contribution in [0.25, 0.3) is 0 Å². The molecule has 2 aromatic rings. The fourth-order valence-corrected chi connectivity index (χ4v) is 4.42. The van der Waals surface area contributed by atoms with Crippen LogP contribution in [-0.2, 0) is 9.53 Å². The average Bonchev–Trinajstić information content (AvgIpc) is 3.00. The number of carbonyl (C=O) groups excluding carboxylic acids is 1. The number of hydrogen-bond donors (Lipinski definition) is 0. The molecular weight excluding hydrogens is 508 g/mol. The Kier molecular flexibility index (Phi) is 19.0. The largest absolute Gasteiger partial charge is 0.494 e. The van der Waals surface area contributed by atoms with Crippen LogP contribution in [0.15, 0.2) is 48.5 Å². The van der Waals surface area contributed by atoms with E-state index in [-0.39, 0.29) is 11.9 Å². The maximum atomic E-state index is 11.7. The van der Waals surface area contributed by atoms with Crippen LogP contribution in [0.2, 0.25) is 0 Å². The zero-order valence-corrected chi connectivity index (χ0v) is 26.1. The molecule has 0 amide bonds. The second-order valence-corrected chi connectivity index (χ2v) is 11.1. The number of ether oxygens (including phenoxy) is 3. The summed E-state index contributed by atoms with van der Waals surface area (Å²) >= 11 is 0. The van der Waals surface area contributed by atoms with Gasteiger partial charge in [0.1, 0.15) is 11.5 Å². The van der Waals surface area contributed by atoms with Gasteiger partial charge >= 0.3 is 5.97 Å². The molecule has 0 spiro atoms. The molecule has 0 radical (unpaired) electrons. The van der Waals surface area contributed by atoms with Crippen molar-refractivity contribution in [2.24, 2.45) is 5.92 Å². The summed E-state index contributed by atoms with van der Waals surface area (Å²) in [6.07, 6.45) is 18.2. The van der Waals surface area contributed by atoms with Gasteiger partial charge in [0, 0.05) is 11.1 Å². The second-order valence-electron chi connectivity index (χ2n) is 11.1. The van der Waals surface area contributed by atoms with E-state index in [0.717, 1.165) is 67.8 Å². The molecule has 0 fully saturated rings. The topological polar surface area (TPSA) is 44.8 Å². The molecule has 4 heteroatoms. The summed E-state index contributed by atoms with van der Waals surface area (Å²) in [6, 6.07) is 16.0. The van der Waals surface area contributed by atoms with E-state index >= 15 is 0 Å². The van der Waals surface area contributed by atoms with E-state index in [1.54, 1.807) is 0 Å².